The van der Waals surface area contributed by atoms with Crippen LogP contribution in [0.3, 0.4) is 0 Å². The van der Waals surface area contributed by atoms with Gasteiger partial charge in [-0.15, -0.1) is 10.2 Å². The molecule has 2 aromatic rings. The smallest absolute Gasteiger partial charge is 0.233 e. The number of amides is 1. The highest BCUT2D eigenvalue weighted by atomic mass is 32.2. The van der Waals surface area contributed by atoms with E-state index in [-0.39, 0.29) is 11.9 Å². The highest BCUT2D eigenvalue weighted by Gasteiger charge is 2.30. The fraction of sp³-hybridized carbons (Fsp3) is 0.571. The topological polar surface area (TPSA) is 77.1 Å². The van der Waals surface area contributed by atoms with E-state index in [2.05, 4.69) is 15.4 Å². The minimum atomic E-state index is 0.0267. The number of aromatic nitrogens is 4. The summed E-state index contributed by atoms with van der Waals surface area (Å²) in [6.07, 6.45) is 4.71. The van der Waals surface area contributed by atoms with Crippen molar-refractivity contribution in [3.05, 3.63) is 23.8 Å². The summed E-state index contributed by atoms with van der Waals surface area (Å²) >= 11 is 1.41. The molecule has 0 aliphatic carbocycles. The number of nitrogens with zero attached hydrogens (tertiary/aromatic N) is 5. The molecule has 0 N–H and O–H groups in total. The maximum atomic E-state index is 12.6. The molecule has 2 aromatic heterocycles. The van der Waals surface area contributed by atoms with Crippen LogP contribution in [0.5, 0.6) is 0 Å². The summed E-state index contributed by atoms with van der Waals surface area (Å²) in [5, 5.41) is 12.7. The summed E-state index contributed by atoms with van der Waals surface area (Å²) in [6.45, 7) is 2.64. The van der Waals surface area contributed by atoms with Crippen LogP contribution in [0.25, 0.3) is 0 Å². The molecule has 1 amide bonds. The largest absolute Gasteiger partial charge is 0.361 e. The van der Waals surface area contributed by atoms with Crippen LogP contribution in [-0.4, -0.2) is 43.0 Å². The van der Waals surface area contributed by atoms with Gasteiger partial charge in [-0.2, -0.15) is 0 Å². The van der Waals surface area contributed by atoms with Gasteiger partial charge in [-0.25, -0.2) is 0 Å². The molecule has 0 spiro atoms. The lowest BCUT2D eigenvalue weighted by molar-refractivity contribution is -0.132. The van der Waals surface area contributed by atoms with E-state index in [1.807, 2.05) is 29.5 Å². The maximum absolute atomic E-state index is 12.6. The Morgan fingerprint density at radius 2 is 2.36 bits per heavy atom. The van der Waals surface area contributed by atoms with E-state index >= 15 is 0 Å². The Kier molecular flexibility index (Phi) is 4.47. The third-order valence-corrected chi connectivity index (χ3v) is 4.82. The summed E-state index contributed by atoms with van der Waals surface area (Å²) in [4.78, 5) is 14.5. The van der Waals surface area contributed by atoms with Gasteiger partial charge < -0.3 is 14.0 Å². The highest BCUT2D eigenvalue weighted by Crippen LogP contribution is 2.31. The van der Waals surface area contributed by atoms with Crippen LogP contribution >= 0.6 is 11.8 Å². The number of aryl methyl sites for hydroxylation is 2. The van der Waals surface area contributed by atoms with Crippen LogP contribution < -0.4 is 0 Å². The van der Waals surface area contributed by atoms with Crippen molar-refractivity contribution >= 4 is 17.7 Å². The van der Waals surface area contributed by atoms with Crippen LogP contribution in [0.4, 0.5) is 0 Å². The van der Waals surface area contributed by atoms with Crippen molar-refractivity contribution in [3.63, 3.8) is 0 Å². The zero-order chi connectivity index (χ0) is 15.5. The number of carbonyl (C=O) groups is 1. The molecule has 0 radical (unpaired) electrons. The minimum absolute atomic E-state index is 0.0267. The van der Waals surface area contributed by atoms with Crippen molar-refractivity contribution in [1.29, 1.82) is 0 Å². The van der Waals surface area contributed by atoms with E-state index in [9.17, 15) is 4.79 Å². The second-order valence-electron chi connectivity index (χ2n) is 5.47. The van der Waals surface area contributed by atoms with Gasteiger partial charge in [0.2, 0.25) is 5.91 Å². The number of rotatable bonds is 4. The van der Waals surface area contributed by atoms with Gasteiger partial charge in [-0.3, -0.25) is 4.79 Å². The molecule has 1 aliphatic rings. The van der Waals surface area contributed by atoms with Gasteiger partial charge in [-0.05, 0) is 26.2 Å². The molecule has 7 nitrogen and oxygen atoms in total. The number of hydrogen-bond acceptors (Lipinski definition) is 6. The van der Waals surface area contributed by atoms with Crippen molar-refractivity contribution in [2.24, 2.45) is 7.05 Å². The molecule has 0 unspecified atom stereocenters. The van der Waals surface area contributed by atoms with E-state index in [0.29, 0.717) is 5.75 Å². The molecule has 3 heterocycles. The van der Waals surface area contributed by atoms with E-state index in [0.717, 1.165) is 42.4 Å². The first-order valence-electron chi connectivity index (χ1n) is 7.34. The lowest BCUT2D eigenvalue weighted by Gasteiger charge is -2.34. The highest BCUT2D eigenvalue weighted by molar-refractivity contribution is 7.99. The van der Waals surface area contributed by atoms with E-state index < -0.39 is 0 Å². The summed E-state index contributed by atoms with van der Waals surface area (Å²) in [7, 11) is 1.87. The van der Waals surface area contributed by atoms with Crippen LogP contribution in [0.1, 0.15) is 36.8 Å². The molecule has 1 saturated heterocycles. The summed E-state index contributed by atoms with van der Waals surface area (Å²) < 4.78 is 6.98. The van der Waals surface area contributed by atoms with Crippen molar-refractivity contribution in [2.45, 2.75) is 37.4 Å². The van der Waals surface area contributed by atoms with Crippen molar-refractivity contribution < 1.29 is 9.32 Å². The number of hydrogen-bond donors (Lipinski definition) is 0. The van der Waals surface area contributed by atoms with Gasteiger partial charge in [0, 0.05) is 19.7 Å². The first-order valence-corrected chi connectivity index (χ1v) is 8.33. The zero-order valence-corrected chi connectivity index (χ0v) is 13.5. The van der Waals surface area contributed by atoms with Crippen LogP contribution in [0, 0.1) is 6.92 Å². The van der Waals surface area contributed by atoms with E-state index in [4.69, 9.17) is 4.52 Å². The minimum Gasteiger partial charge on any atom is -0.361 e. The summed E-state index contributed by atoms with van der Waals surface area (Å²) in [5.41, 5.74) is 0.856. The van der Waals surface area contributed by atoms with E-state index in [1.54, 1.807) is 6.33 Å². The van der Waals surface area contributed by atoms with Crippen LogP contribution in [0.15, 0.2) is 22.1 Å². The lowest BCUT2D eigenvalue weighted by atomic mass is 9.99. The van der Waals surface area contributed by atoms with E-state index in [1.165, 1.54) is 11.8 Å². The van der Waals surface area contributed by atoms with Crippen LogP contribution in [-0.2, 0) is 11.8 Å². The van der Waals surface area contributed by atoms with Gasteiger partial charge in [0.05, 0.1) is 11.8 Å². The molecular formula is C14H19N5O2S. The fourth-order valence-corrected chi connectivity index (χ4v) is 3.47. The third-order valence-electron chi connectivity index (χ3n) is 3.81. The predicted octanol–water partition coefficient (Wildman–Crippen LogP) is 1.96. The van der Waals surface area contributed by atoms with Crippen molar-refractivity contribution in [2.75, 3.05) is 12.3 Å². The molecule has 0 saturated carbocycles. The molecule has 118 valence electrons. The Labute approximate surface area is 133 Å². The van der Waals surface area contributed by atoms with Crippen molar-refractivity contribution in [1.82, 2.24) is 24.8 Å². The first kappa shape index (κ1) is 15.1. The Bertz CT molecular complexity index is 653. The SMILES string of the molecule is Cc1cc([C@H]2CCCCN2C(=O)CSc2nncn2C)no1. The molecule has 0 bridgehead atoms. The molecule has 8 heteroatoms. The van der Waals surface area contributed by atoms with Gasteiger partial charge in [0.15, 0.2) is 5.16 Å². The second kappa shape index (κ2) is 6.51. The Morgan fingerprint density at radius 1 is 1.50 bits per heavy atom. The van der Waals surface area contributed by atoms with Gasteiger partial charge in [0.25, 0.3) is 0 Å². The zero-order valence-electron chi connectivity index (χ0n) is 12.7. The maximum Gasteiger partial charge on any atom is 0.233 e. The molecule has 1 fully saturated rings. The molecular weight excluding hydrogens is 302 g/mol. The third kappa shape index (κ3) is 3.16. The molecule has 1 atom stereocenters. The molecule has 0 aromatic carbocycles. The monoisotopic (exact) mass is 321 g/mol. The molecule has 22 heavy (non-hydrogen) atoms. The molecule has 3 rings (SSSR count). The van der Waals surface area contributed by atoms with Gasteiger partial charge in [0.1, 0.15) is 17.8 Å². The number of carbonyl (C=O) groups excluding carboxylic acids is 1. The second-order valence-corrected chi connectivity index (χ2v) is 6.42. The Hall–Kier alpha value is -1.83. The standard InChI is InChI=1S/C14H19N5O2S/c1-10-7-11(17-21-10)12-5-3-4-6-19(12)13(20)8-22-14-16-15-9-18(14)2/h7,9,12H,3-6,8H2,1-2H3/t12-/m1/s1. The number of thioether (sulfide) groups is 1. The summed E-state index contributed by atoms with van der Waals surface area (Å²) in [6, 6.07) is 1.95. The van der Waals surface area contributed by atoms with Gasteiger partial charge in [-0.1, -0.05) is 16.9 Å². The number of likely N-dealkylation sites (tertiary alicyclic amines) is 1. The molecule has 1 aliphatic heterocycles. The Balaban J connectivity index is 1.67. The lowest BCUT2D eigenvalue weighted by Crippen LogP contribution is -2.39. The van der Waals surface area contributed by atoms with Gasteiger partial charge >= 0.3 is 0 Å². The Morgan fingerprint density at radius 3 is 3.05 bits per heavy atom. The first-order chi connectivity index (χ1) is 10.6. The quantitative estimate of drug-likeness (QED) is 0.801. The van der Waals surface area contributed by atoms with Crippen LogP contribution in [0.2, 0.25) is 0 Å². The predicted molar refractivity (Wildman–Crippen MR) is 81.3 cm³/mol. The number of piperidine rings is 1. The normalized spacial score (nSPS) is 18.6. The van der Waals surface area contributed by atoms with Crippen molar-refractivity contribution in [3.8, 4) is 0 Å². The summed E-state index contributed by atoms with van der Waals surface area (Å²) in [5.74, 6) is 1.25. The fourth-order valence-electron chi connectivity index (χ4n) is 2.69. The average Bonchev–Trinajstić information content (AvgIpc) is 3.13. The average molecular weight is 321 g/mol.